The van der Waals surface area contributed by atoms with Crippen LogP contribution in [0.5, 0.6) is 0 Å². The van der Waals surface area contributed by atoms with Gasteiger partial charge in [0.05, 0.1) is 5.92 Å². The molecule has 6 heteroatoms. The molecule has 1 atom stereocenters. The first-order valence-corrected chi connectivity index (χ1v) is 9.15. The lowest BCUT2D eigenvalue weighted by atomic mass is 9.98. The second kappa shape index (κ2) is 7.00. The summed E-state index contributed by atoms with van der Waals surface area (Å²) in [6.45, 7) is 3.25. The molecule has 2 heterocycles. The average Bonchev–Trinajstić information content (AvgIpc) is 3.09. The van der Waals surface area contributed by atoms with Gasteiger partial charge in [-0.25, -0.2) is 9.78 Å². The molecule has 1 aliphatic heterocycles. The monoisotopic (exact) mass is 369 g/mol. The van der Waals surface area contributed by atoms with Crippen molar-refractivity contribution in [1.82, 2.24) is 9.88 Å². The zero-order valence-corrected chi connectivity index (χ0v) is 15.3. The highest BCUT2D eigenvalue weighted by Crippen LogP contribution is 2.29. The number of nitrogens with zero attached hydrogens (tertiary/aromatic N) is 2. The van der Waals surface area contributed by atoms with Gasteiger partial charge in [-0.2, -0.15) is 0 Å². The summed E-state index contributed by atoms with van der Waals surface area (Å²) in [5.41, 5.74) is 3.34. The molecular formula is C20H20ClN3O2. The van der Waals surface area contributed by atoms with Gasteiger partial charge >= 0.3 is 6.03 Å². The van der Waals surface area contributed by atoms with Crippen LogP contribution in [0, 0.1) is 6.92 Å². The molecule has 0 saturated carbocycles. The molecule has 3 aromatic rings. The van der Waals surface area contributed by atoms with Gasteiger partial charge in [0.25, 0.3) is 0 Å². The minimum atomic E-state index is -0.120. The van der Waals surface area contributed by atoms with E-state index in [0.717, 1.165) is 36.0 Å². The fraction of sp³-hybridized carbons (Fsp3) is 0.300. The molecule has 2 amide bonds. The zero-order chi connectivity index (χ0) is 18.1. The number of rotatable bonds is 2. The molecule has 1 aromatic heterocycles. The summed E-state index contributed by atoms with van der Waals surface area (Å²) in [4.78, 5) is 19.0. The number of likely N-dealkylation sites (tertiary alicyclic amines) is 1. The van der Waals surface area contributed by atoms with Gasteiger partial charge in [-0.1, -0.05) is 29.8 Å². The van der Waals surface area contributed by atoms with Crippen molar-refractivity contribution in [1.29, 1.82) is 0 Å². The summed E-state index contributed by atoms with van der Waals surface area (Å²) in [5, 5.41) is 3.57. The van der Waals surface area contributed by atoms with Crippen molar-refractivity contribution in [3.8, 4) is 0 Å². The van der Waals surface area contributed by atoms with E-state index >= 15 is 0 Å². The van der Waals surface area contributed by atoms with Gasteiger partial charge < -0.3 is 14.6 Å². The van der Waals surface area contributed by atoms with Gasteiger partial charge in [0.1, 0.15) is 5.52 Å². The summed E-state index contributed by atoms with van der Waals surface area (Å²) in [5.74, 6) is 0.825. The lowest BCUT2D eigenvalue weighted by Crippen LogP contribution is -2.41. The lowest BCUT2D eigenvalue weighted by molar-refractivity contribution is 0.187. The van der Waals surface area contributed by atoms with Crippen LogP contribution in [0.15, 0.2) is 46.9 Å². The molecular weight excluding hydrogens is 350 g/mol. The van der Waals surface area contributed by atoms with E-state index < -0.39 is 0 Å². The van der Waals surface area contributed by atoms with Crippen LogP contribution in [0.25, 0.3) is 11.1 Å². The number of nitrogens with one attached hydrogen (secondary N) is 1. The number of para-hydroxylation sites is 2. The molecule has 0 unspecified atom stereocenters. The lowest BCUT2D eigenvalue weighted by Gasteiger charge is -2.31. The summed E-state index contributed by atoms with van der Waals surface area (Å²) in [6.07, 6.45) is 1.89. The van der Waals surface area contributed by atoms with E-state index in [9.17, 15) is 4.79 Å². The van der Waals surface area contributed by atoms with Crippen LogP contribution in [-0.2, 0) is 0 Å². The Morgan fingerprint density at radius 3 is 2.96 bits per heavy atom. The highest BCUT2D eigenvalue weighted by molar-refractivity contribution is 6.31. The molecule has 1 fully saturated rings. The van der Waals surface area contributed by atoms with E-state index in [1.807, 2.05) is 48.2 Å². The summed E-state index contributed by atoms with van der Waals surface area (Å²) in [6, 6.07) is 13.2. The van der Waals surface area contributed by atoms with Crippen molar-refractivity contribution < 1.29 is 9.21 Å². The molecule has 134 valence electrons. The molecule has 0 radical (unpaired) electrons. The van der Waals surface area contributed by atoms with Crippen molar-refractivity contribution >= 4 is 34.4 Å². The maximum Gasteiger partial charge on any atom is 0.321 e. The Morgan fingerprint density at radius 2 is 2.15 bits per heavy atom. The normalized spacial score (nSPS) is 17.5. The van der Waals surface area contributed by atoms with E-state index in [0.29, 0.717) is 23.1 Å². The Morgan fingerprint density at radius 1 is 1.31 bits per heavy atom. The number of urea groups is 1. The van der Waals surface area contributed by atoms with Gasteiger partial charge in [-0.05, 0) is 49.6 Å². The summed E-state index contributed by atoms with van der Waals surface area (Å²) >= 11 is 6.14. The number of hydrogen-bond donors (Lipinski definition) is 1. The molecule has 0 aliphatic carbocycles. The Hall–Kier alpha value is -2.53. The highest BCUT2D eigenvalue weighted by atomic mass is 35.5. The molecule has 1 aliphatic rings. The predicted molar refractivity (Wildman–Crippen MR) is 103 cm³/mol. The van der Waals surface area contributed by atoms with Gasteiger partial charge in [0.15, 0.2) is 11.5 Å². The fourth-order valence-electron chi connectivity index (χ4n) is 3.30. The van der Waals surface area contributed by atoms with Crippen LogP contribution in [-0.4, -0.2) is 29.0 Å². The second-order valence-corrected chi connectivity index (χ2v) is 7.11. The van der Waals surface area contributed by atoms with E-state index in [1.54, 1.807) is 6.07 Å². The number of halogens is 1. The number of aryl methyl sites for hydroxylation is 1. The van der Waals surface area contributed by atoms with Crippen LogP contribution in [0.4, 0.5) is 10.5 Å². The first-order chi connectivity index (χ1) is 12.6. The molecule has 0 bridgehead atoms. The molecule has 1 N–H and O–H groups in total. The highest BCUT2D eigenvalue weighted by Gasteiger charge is 2.28. The van der Waals surface area contributed by atoms with Gasteiger partial charge in [0, 0.05) is 23.8 Å². The third-order valence-electron chi connectivity index (χ3n) is 4.79. The quantitative estimate of drug-likeness (QED) is 0.675. The van der Waals surface area contributed by atoms with Gasteiger partial charge in [-0.3, -0.25) is 0 Å². The second-order valence-electron chi connectivity index (χ2n) is 6.70. The molecule has 26 heavy (non-hydrogen) atoms. The molecule has 0 spiro atoms. The van der Waals surface area contributed by atoms with Crippen LogP contribution in [0.3, 0.4) is 0 Å². The fourth-order valence-corrected chi connectivity index (χ4v) is 3.48. The van der Waals surface area contributed by atoms with Crippen molar-refractivity contribution in [3.63, 3.8) is 0 Å². The number of carbonyl (C=O) groups is 1. The van der Waals surface area contributed by atoms with E-state index in [-0.39, 0.29) is 11.9 Å². The summed E-state index contributed by atoms with van der Waals surface area (Å²) in [7, 11) is 0. The number of aromatic nitrogens is 1. The summed E-state index contributed by atoms with van der Waals surface area (Å²) < 4.78 is 5.90. The van der Waals surface area contributed by atoms with Crippen molar-refractivity contribution in [2.24, 2.45) is 0 Å². The van der Waals surface area contributed by atoms with E-state index in [4.69, 9.17) is 16.0 Å². The van der Waals surface area contributed by atoms with Crippen molar-refractivity contribution in [2.45, 2.75) is 25.7 Å². The average molecular weight is 370 g/mol. The number of fused-ring (bicyclic) bond motifs is 1. The van der Waals surface area contributed by atoms with E-state index in [2.05, 4.69) is 10.3 Å². The number of carbonyl (C=O) groups excluding carboxylic acids is 1. The third kappa shape index (κ3) is 3.40. The van der Waals surface area contributed by atoms with Crippen LogP contribution < -0.4 is 5.32 Å². The largest absolute Gasteiger partial charge is 0.440 e. The zero-order valence-electron chi connectivity index (χ0n) is 14.5. The number of benzene rings is 2. The van der Waals surface area contributed by atoms with Crippen molar-refractivity contribution in [2.75, 3.05) is 18.4 Å². The van der Waals surface area contributed by atoms with Gasteiger partial charge in [0.2, 0.25) is 0 Å². The molecule has 4 rings (SSSR count). The molecule has 2 aromatic carbocycles. The van der Waals surface area contributed by atoms with Crippen LogP contribution in [0.1, 0.15) is 30.2 Å². The molecule has 1 saturated heterocycles. The first-order valence-electron chi connectivity index (χ1n) is 8.78. The van der Waals surface area contributed by atoms with Gasteiger partial charge in [-0.15, -0.1) is 0 Å². The first kappa shape index (κ1) is 16.9. The maximum atomic E-state index is 12.6. The third-order valence-corrected chi connectivity index (χ3v) is 5.20. The van der Waals surface area contributed by atoms with Crippen molar-refractivity contribution in [3.05, 3.63) is 58.9 Å². The maximum absolute atomic E-state index is 12.6. The smallest absolute Gasteiger partial charge is 0.321 e. The minimum absolute atomic E-state index is 0.114. The number of amides is 2. The number of anilines is 1. The van der Waals surface area contributed by atoms with Crippen LogP contribution >= 0.6 is 11.6 Å². The Kier molecular flexibility index (Phi) is 4.55. The number of piperidine rings is 1. The Labute approximate surface area is 157 Å². The number of hydrogen-bond acceptors (Lipinski definition) is 3. The van der Waals surface area contributed by atoms with E-state index in [1.165, 1.54) is 0 Å². The molecule has 5 nitrogen and oxygen atoms in total. The minimum Gasteiger partial charge on any atom is -0.440 e. The van der Waals surface area contributed by atoms with Crippen LogP contribution in [0.2, 0.25) is 5.02 Å². The number of oxazole rings is 1. The Balaban J connectivity index is 1.47. The standard InChI is InChI=1S/C20H20ClN3O2/c1-13-8-9-15(11-16(13)21)22-20(25)24-10-4-5-14(12-24)19-23-17-6-2-3-7-18(17)26-19/h2-3,6-9,11,14H,4-5,10,12H2,1H3,(H,22,25)/t14-/m0/s1. The SMILES string of the molecule is Cc1ccc(NC(=O)N2CCC[C@H](c3nc4ccccc4o3)C2)cc1Cl. The Bertz CT molecular complexity index is 920. The topological polar surface area (TPSA) is 58.4 Å². The predicted octanol–water partition coefficient (Wildman–Crippen LogP) is 5.20.